The summed E-state index contributed by atoms with van der Waals surface area (Å²) in [4.78, 5) is 18.3. The molecule has 0 amide bonds. The standard InChI is InChI=1S/C21H18NO.C20H16NO.2C18H24NSi.2Ir/c1-14(2)12-15-10-11-22-19(13-15)18-8-5-7-17-16-6-3-4-9-20(16)23-21(17)18;1-13(2)14-10-11-21-18(12-14)17-8-5-7-16-15-6-3-4-9-19(15)22-20(16)17;2*1-14(2)11-16-12-17(15-9-7-6-8-10-15)19-13-18(16)20(3,4)5;;/h3-7,9-11,13-14H,12H2,1-2H3;3-7,9-13H,1-2H3;2*6-9,12-14H,11H2,1-5H3;;/q4*-1;;/i12D2;13D;;;;. The van der Waals surface area contributed by atoms with Crippen LogP contribution in [0.15, 0.2) is 191 Å². The number of rotatable bonds is 13. The monoisotopic (exact) mass is 1540 g/mol. The van der Waals surface area contributed by atoms with Crippen LogP contribution in [0.1, 0.15) is 87.6 Å². The number of benzene rings is 6. The fourth-order valence-corrected chi connectivity index (χ4v) is 13.8. The van der Waals surface area contributed by atoms with Crippen molar-refractivity contribution in [3.05, 3.63) is 229 Å². The van der Waals surface area contributed by atoms with E-state index < -0.39 is 28.4 Å². The molecular weight excluding hydrogens is 1450 g/mol. The van der Waals surface area contributed by atoms with Gasteiger partial charge in [-0.15, -0.1) is 108 Å². The summed E-state index contributed by atoms with van der Waals surface area (Å²) >= 11 is 0. The second-order valence-corrected chi connectivity index (χ2v) is 35.3. The molecule has 6 aromatic heterocycles. The van der Waals surface area contributed by atoms with Gasteiger partial charge >= 0.3 is 0 Å². The largest absolute Gasteiger partial charge is 0.501 e. The maximum Gasteiger partial charge on any atom is 0.120 e. The third-order valence-electron chi connectivity index (χ3n) is 14.6. The van der Waals surface area contributed by atoms with Crippen LogP contribution in [0.2, 0.25) is 39.3 Å². The first kappa shape index (κ1) is 63.3. The van der Waals surface area contributed by atoms with E-state index in [0.717, 1.165) is 102 Å². The number of nitrogens with zero attached hydrogens (tertiary/aromatic N) is 4. The molecule has 0 atom stereocenters. The maximum absolute atomic E-state index is 8.34. The van der Waals surface area contributed by atoms with Crippen molar-refractivity contribution in [2.75, 3.05) is 0 Å². The molecule has 0 N–H and O–H groups in total. The summed E-state index contributed by atoms with van der Waals surface area (Å²) in [6, 6.07) is 64.8. The molecular formula is C77H82Ir2N4O2Si2-4. The van der Waals surface area contributed by atoms with Gasteiger partial charge < -0.3 is 28.8 Å². The zero-order chi connectivity index (χ0) is 63.1. The Bertz CT molecular complexity index is 4210. The van der Waals surface area contributed by atoms with E-state index in [1.54, 1.807) is 24.5 Å². The van der Waals surface area contributed by atoms with Crippen LogP contribution in [0.25, 0.3) is 88.9 Å². The smallest absolute Gasteiger partial charge is 0.120 e. The van der Waals surface area contributed by atoms with Crippen LogP contribution in [0, 0.1) is 42.0 Å². The van der Waals surface area contributed by atoms with Gasteiger partial charge in [0.05, 0.1) is 27.3 Å². The number of furan rings is 2. The maximum atomic E-state index is 8.34. The quantitative estimate of drug-likeness (QED) is 0.0845. The first-order valence-corrected chi connectivity index (χ1v) is 36.8. The van der Waals surface area contributed by atoms with Crippen LogP contribution in [0.5, 0.6) is 0 Å². The minimum Gasteiger partial charge on any atom is -0.501 e. The van der Waals surface area contributed by atoms with Gasteiger partial charge in [0.2, 0.25) is 0 Å². The van der Waals surface area contributed by atoms with E-state index in [2.05, 4.69) is 154 Å². The Morgan fingerprint density at radius 2 is 0.885 bits per heavy atom. The average Bonchev–Trinajstić information content (AvgIpc) is 1.84. The Labute approximate surface area is 551 Å². The van der Waals surface area contributed by atoms with Gasteiger partial charge in [-0.1, -0.05) is 199 Å². The molecule has 0 saturated heterocycles. The molecule has 0 aliphatic heterocycles. The first-order valence-electron chi connectivity index (χ1n) is 31.3. The fourth-order valence-electron chi connectivity index (χ4n) is 10.6. The van der Waals surface area contributed by atoms with Crippen LogP contribution >= 0.6 is 0 Å². The van der Waals surface area contributed by atoms with Crippen molar-refractivity contribution in [3.8, 4) is 45.0 Å². The molecule has 0 saturated carbocycles. The number of fused-ring (bicyclic) bond motifs is 6. The van der Waals surface area contributed by atoms with E-state index in [1.165, 1.54) is 21.5 Å². The second-order valence-electron chi connectivity index (χ2n) is 25.2. The Balaban J connectivity index is 0.000000170. The Morgan fingerprint density at radius 3 is 1.30 bits per heavy atom. The molecule has 452 valence electrons. The molecule has 0 bridgehead atoms. The molecule has 6 heterocycles. The predicted octanol–water partition coefficient (Wildman–Crippen LogP) is 19.8. The third-order valence-corrected chi connectivity index (χ3v) is 18.7. The topological polar surface area (TPSA) is 77.8 Å². The van der Waals surface area contributed by atoms with Crippen LogP contribution in [0.3, 0.4) is 0 Å². The van der Waals surface area contributed by atoms with Crippen LogP contribution in [-0.2, 0) is 59.4 Å². The van der Waals surface area contributed by atoms with Crippen molar-refractivity contribution < 1.29 is 53.2 Å². The molecule has 87 heavy (non-hydrogen) atoms. The predicted molar refractivity (Wildman–Crippen MR) is 364 cm³/mol. The van der Waals surface area contributed by atoms with E-state index in [9.17, 15) is 0 Å². The van der Waals surface area contributed by atoms with E-state index in [0.29, 0.717) is 23.1 Å². The summed E-state index contributed by atoms with van der Waals surface area (Å²) in [5.74, 6) is 0.536. The molecule has 6 aromatic carbocycles. The van der Waals surface area contributed by atoms with Gasteiger partial charge in [0.1, 0.15) is 11.2 Å². The van der Waals surface area contributed by atoms with E-state index >= 15 is 0 Å². The molecule has 0 spiro atoms. The van der Waals surface area contributed by atoms with E-state index in [1.807, 2.05) is 143 Å². The molecule has 0 unspecified atom stereocenters. The van der Waals surface area contributed by atoms with Crippen molar-refractivity contribution in [2.45, 2.75) is 120 Å². The van der Waals surface area contributed by atoms with E-state index in [4.69, 9.17) is 12.9 Å². The number of hydrogen-bond donors (Lipinski definition) is 0. The summed E-state index contributed by atoms with van der Waals surface area (Å²) in [6.45, 7) is 31.0. The van der Waals surface area contributed by atoms with Gasteiger partial charge in [0.15, 0.2) is 0 Å². The van der Waals surface area contributed by atoms with Gasteiger partial charge in [-0.2, -0.15) is 0 Å². The second kappa shape index (κ2) is 30.4. The van der Waals surface area contributed by atoms with Crippen molar-refractivity contribution in [2.24, 2.45) is 17.8 Å². The number of pyridine rings is 4. The van der Waals surface area contributed by atoms with Crippen LogP contribution in [0.4, 0.5) is 0 Å². The molecule has 0 aliphatic rings. The number of hydrogen-bond acceptors (Lipinski definition) is 6. The molecule has 12 aromatic rings. The van der Waals surface area contributed by atoms with Crippen molar-refractivity contribution in [1.29, 1.82) is 0 Å². The molecule has 6 nitrogen and oxygen atoms in total. The Morgan fingerprint density at radius 1 is 0.448 bits per heavy atom. The van der Waals surface area contributed by atoms with Gasteiger partial charge in [-0.25, -0.2) is 0 Å². The zero-order valence-corrected chi connectivity index (χ0v) is 59.5. The van der Waals surface area contributed by atoms with Gasteiger partial charge in [-0.05, 0) is 100 Å². The van der Waals surface area contributed by atoms with Crippen molar-refractivity contribution in [1.82, 2.24) is 19.9 Å². The number of para-hydroxylation sites is 2. The minimum atomic E-state index is -1.42. The first-order chi connectivity index (χ1) is 41.8. The zero-order valence-electron chi connectivity index (χ0n) is 55.7. The summed E-state index contributed by atoms with van der Waals surface area (Å²) in [6.07, 6.45) is 8.46. The van der Waals surface area contributed by atoms with Gasteiger partial charge in [-0.3, -0.25) is 0 Å². The summed E-state index contributed by atoms with van der Waals surface area (Å²) in [5, 5.41) is 7.21. The third kappa shape index (κ3) is 17.3. The summed E-state index contributed by atoms with van der Waals surface area (Å²) in [7, 11) is -2.68. The van der Waals surface area contributed by atoms with Crippen molar-refractivity contribution in [3.63, 3.8) is 0 Å². The Kier molecular flexibility index (Phi) is 22.1. The minimum absolute atomic E-state index is 0. The van der Waals surface area contributed by atoms with Gasteiger partial charge in [0.25, 0.3) is 0 Å². The molecule has 0 aliphatic carbocycles. The Hall–Kier alpha value is -6.75. The van der Waals surface area contributed by atoms with Crippen LogP contribution < -0.4 is 10.4 Å². The molecule has 0 fully saturated rings. The number of aromatic nitrogens is 4. The molecule has 12 rings (SSSR count). The van der Waals surface area contributed by atoms with E-state index in [-0.39, 0.29) is 46.1 Å². The van der Waals surface area contributed by atoms with Crippen LogP contribution in [-0.4, -0.2) is 36.1 Å². The summed E-state index contributed by atoms with van der Waals surface area (Å²) in [5.41, 5.74) is 15.0. The average molecular weight is 1540 g/mol. The SMILES string of the molecule is CC(C)Cc1cc(-c2[c-]cccc2)ncc1[Si](C)(C)C.CC(C)Cc1cc(-c2[c-]cccc2)ncc1[Si](C)(C)C.[2H]C(C)(C)c1ccnc(-c2[c-]ccc3c2oc2ccccc23)c1.[2H]C([2H])(c1ccnc(-c2[c-]ccc3c2oc2ccccc23)c1)C(C)C.[Ir].[Ir]. The van der Waals surface area contributed by atoms with Crippen molar-refractivity contribution >= 4 is 70.4 Å². The van der Waals surface area contributed by atoms with Gasteiger partial charge in [0, 0.05) is 79.9 Å². The fraction of sp³-hybridized carbons (Fsp3) is 0.273. The summed E-state index contributed by atoms with van der Waals surface area (Å²) < 4.78 is 37.0. The molecule has 2 radical (unpaired) electrons. The normalized spacial score (nSPS) is 12.3. The molecule has 10 heteroatoms.